The van der Waals surface area contributed by atoms with Gasteiger partial charge in [-0.3, -0.25) is 4.90 Å². The predicted molar refractivity (Wildman–Crippen MR) is 72.4 cm³/mol. The molecule has 0 saturated carbocycles. The molecule has 0 fully saturated rings. The van der Waals surface area contributed by atoms with E-state index < -0.39 is 12.7 Å². The second kappa shape index (κ2) is 7.13. The fourth-order valence-corrected chi connectivity index (χ4v) is 1.96. The van der Waals surface area contributed by atoms with Crippen molar-refractivity contribution in [3.63, 3.8) is 0 Å². The zero-order valence-electron chi connectivity index (χ0n) is 12.5. The summed E-state index contributed by atoms with van der Waals surface area (Å²) in [7, 11) is 1.43. The van der Waals surface area contributed by atoms with Gasteiger partial charge in [-0.2, -0.15) is 13.2 Å². The number of alkyl halides is 3. The molecule has 0 atom stereocenters. The Hall–Kier alpha value is -1.01. The standard InChI is InChI=1S/C14H23F3N2O/c1-10(2)6-18-7-12-5-13(20-11(12)3)8-19(4)9-14(15,16)17/h5,10,18H,6-9H2,1-4H3. The van der Waals surface area contributed by atoms with Crippen molar-refractivity contribution in [1.29, 1.82) is 0 Å². The quantitative estimate of drug-likeness (QED) is 0.835. The molecule has 6 heteroatoms. The fraction of sp³-hybridized carbons (Fsp3) is 0.714. The van der Waals surface area contributed by atoms with Crippen LogP contribution in [0, 0.1) is 12.8 Å². The minimum absolute atomic E-state index is 0.157. The number of hydrogen-bond donors (Lipinski definition) is 1. The van der Waals surface area contributed by atoms with Gasteiger partial charge in [-0.15, -0.1) is 0 Å². The van der Waals surface area contributed by atoms with Crippen molar-refractivity contribution >= 4 is 0 Å². The Balaban J connectivity index is 2.52. The molecule has 1 aromatic rings. The summed E-state index contributed by atoms with van der Waals surface area (Å²) >= 11 is 0. The van der Waals surface area contributed by atoms with E-state index in [-0.39, 0.29) is 6.54 Å². The third-order valence-electron chi connectivity index (χ3n) is 2.81. The molecule has 116 valence electrons. The Bertz CT molecular complexity index is 413. The van der Waals surface area contributed by atoms with E-state index in [4.69, 9.17) is 4.42 Å². The van der Waals surface area contributed by atoms with Gasteiger partial charge in [0.15, 0.2) is 0 Å². The van der Waals surface area contributed by atoms with Crippen LogP contribution < -0.4 is 5.32 Å². The van der Waals surface area contributed by atoms with Crippen LogP contribution in [0.15, 0.2) is 10.5 Å². The lowest BCUT2D eigenvalue weighted by Gasteiger charge is -2.16. The van der Waals surface area contributed by atoms with Gasteiger partial charge in [0.2, 0.25) is 0 Å². The Morgan fingerprint density at radius 2 is 2.00 bits per heavy atom. The first kappa shape index (κ1) is 17.0. The van der Waals surface area contributed by atoms with Crippen LogP contribution in [0.3, 0.4) is 0 Å². The average molecular weight is 292 g/mol. The largest absolute Gasteiger partial charge is 0.465 e. The van der Waals surface area contributed by atoms with E-state index in [2.05, 4.69) is 19.2 Å². The first-order valence-electron chi connectivity index (χ1n) is 6.71. The summed E-state index contributed by atoms with van der Waals surface area (Å²) in [6.45, 7) is 6.86. The lowest BCUT2D eigenvalue weighted by Crippen LogP contribution is -2.30. The summed E-state index contributed by atoms with van der Waals surface area (Å²) in [5, 5.41) is 3.29. The minimum atomic E-state index is -4.18. The van der Waals surface area contributed by atoms with Gasteiger partial charge in [-0.25, -0.2) is 0 Å². The molecule has 1 heterocycles. The molecule has 0 saturated heterocycles. The third-order valence-corrected chi connectivity index (χ3v) is 2.81. The van der Waals surface area contributed by atoms with E-state index in [9.17, 15) is 13.2 Å². The van der Waals surface area contributed by atoms with Gasteiger partial charge < -0.3 is 9.73 Å². The second-order valence-electron chi connectivity index (χ2n) is 5.61. The van der Waals surface area contributed by atoms with Crippen LogP contribution in [-0.2, 0) is 13.1 Å². The Kier molecular flexibility index (Phi) is 6.07. The zero-order chi connectivity index (χ0) is 15.3. The summed E-state index contributed by atoms with van der Waals surface area (Å²) in [4.78, 5) is 1.20. The van der Waals surface area contributed by atoms with Crippen LogP contribution in [0.2, 0.25) is 0 Å². The van der Waals surface area contributed by atoms with Crippen molar-refractivity contribution in [3.8, 4) is 0 Å². The molecule has 0 aliphatic rings. The zero-order valence-corrected chi connectivity index (χ0v) is 12.5. The molecule has 0 unspecified atom stereocenters. The predicted octanol–water partition coefficient (Wildman–Crippen LogP) is 3.33. The van der Waals surface area contributed by atoms with Crippen molar-refractivity contribution in [2.45, 2.75) is 40.0 Å². The second-order valence-corrected chi connectivity index (χ2v) is 5.61. The van der Waals surface area contributed by atoms with Crippen molar-refractivity contribution in [1.82, 2.24) is 10.2 Å². The van der Waals surface area contributed by atoms with E-state index in [1.54, 1.807) is 0 Å². The van der Waals surface area contributed by atoms with E-state index in [1.165, 1.54) is 11.9 Å². The summed E-state index contributed by atoms with van der Waals surface area (Å²) in [5.74, 6) is 1.88. The van der Waals surface area contributed by atoms with Gasteiger partial charge >= 0.3 is 6.18 Å². The van der Waals surface area contributed by atoms with Crippen molar-refractivity contribution < 1.29 is 17.6 Å². The number of hydrogen-bond acceptors (Lipinski definition) is 3. The van der Waals surface area contributed by atoms with Gasteiger partial charge in [-0.1, -0.05) is 13.8 Å². The molecule has 20 heavy (non-hydrogen) atoms. The number of rotatable bonds is 7. The fourth-order valence-electron chi connectivity index (χ4n) is 1.96. The maximum Gasteiger partial charge on any atom is 0.401 e. The molecule has 0 spiro atoms. The number of nitrogens with zero attached hydrogens (tertiary/aromatic N) is 1. The molecule has 0 amide bonds. The number of nitrogens with one attached hydrogen (secondary N) is 1. The smallest absolute Gasteiger partial charge is 0.401 e. The molecule has 0 aliphatic carbocycles. The summed E-state index contributed by atoms with van der Waals surface area (Å²) < 4.78 is 42.3. The summed E-state index contributed by atoms with van der Waals surface area (Å²) in [6.07, 6.45) is -4.18. The molecule has 1 aromatic heterocycles. The lowest BCUT2D eigenvalue weighted by atomic mass is 10.2. The topological polar surface area (TPSA) is 28.4 Å². The maximum absolute atomic E-state index is 12.3. The molecule has 1 N–H and O–H groups in total. The Morgan fingerprint density at radius 1 is 1.35 bits per heavy atom. The highest BCUT2D eigenvalue weighted by molar-refractivity contribution is 5.20. The van der Waals surface area contributed by atoms with Gasteiger partial charge in [0.1, 0.15) is 11.5 Å². The number of furan rings is 1. The molecule has 1 rings (SSSR count). The van der Waals surface area contributed by atoms with Gasteiger partial charge in [0, 0.05) is 12.1 Å². The molecule has 3 nitrogen and oxygen atoms in total. The van der Waals surface area contributed by atoms with Crippen molar-refractivity contribution in [3.05, 3.63) is 23.2 Å². The molecular weight excluding hydrogens is 269 g/mol. The van der Waals surface area contributed by atoms with Crippen LogP contribution in [0.25, 0.3) is 0 Å². The lowest BCUT2D eigenvalue weighted by molar-refractivity contribution is -0.144. The molecular formula is C14H23F3N2O. The van der Waals surface area contributed by atoms with E-state index in [0.29, 0.717) is 18.2 Å². The molecule has 0 bridgehead atoms. The molecule has 0 aliphatic heterocycles. The number of halogens is 3. The summed E-state index contributed by atoms with van der Waals surface area (Å²) in [6, 6.07) is 1.83. The van der Waals surface area contributed by atoms with Crippen LogP contribution in [0.4, 0.5) is 13.2 Å². The third kappa shape index (κ3) is 6.43. The van der Waals surface area contributed by atoms with Crippen molar-refractivity contribution in [2.75, 3.05) is 20.1 Å². The van der Waals surface area contributed by atoms with Gasteiger partial charge in [0.25, 0.3) is 0 Å². The van der Waals surface area contributed by atoms with Crippen molar-refractivity contribution in [2.24, 2.45) is 5.92 Å². The highest BCUT2D eigenvalue weighted by atomic mass is 19.4. The SMILES string of the molecule is Cc1oc(CN(C)CC(F)(F)F)cc1CNCC(C)C. The van der Waals surface area contributed by atoms with Crippen LogP contribution in [0.5, 0.6) is 0 Å². The van der Waals surface area contributed by atoms with Crippen LogP contribution in [0.1, 0.15) is 30.9 Å². The first-order valence-corrected chi connectivity index (χ1v) is 6.71. The Labute approximate surface area is 118 Å². The van der Waals surface area contributed by atoms with E-state index >= 15 is 0 Å². The molecule has 0 radical (unpaired) electrons. The normalized spacial score (nSPS) is 12.7. The van der Waals surface area contributed by atoms with Gasteiger partial charge in [-0.05, 0) is 32.5 Å². The molecule has 0 aromatic carbocycles. The van der Waals surface area contributed by atoms with Crippen LogP contribution >= 0.6 is 0 Å². The first-order chi connectivity index (χ1) is 9.17. The highest BCUT2D eigenvalue weighted by Crippen LogP contribution is 2.19. The van der Waals surface area contributed by atoms with Crippen LogP contribution in [-0.4, -0.2) is 31.2 Å². The summed E-state index contributed by atoms with van der Waals surface area (Å²) in [5.41, 5.74) is 1.00. The average Bonchev–Trinajstić information content (AvgIpc) is 2.55. The maximum atomic E-state index is 12.3. The van der Waals surface area contributed by atoms with Gasteiger partial charge in [0.05, 0.1) is 13.1 Å². The Morgan fingerprint density at radius 3 is 2.55 bits per heavy atom. The van der Waals surface area contributed by atoms with E-state index in [1.807, 2.05) is 13.0 Å². The highest BCUT2D eigenvalue weighted by Gasteiger charge is 2.29. The minimum Gasteiger partial charge on any atom is -0.465 e. The monoisotopic (exact) mass is 292 g/mol. The number of aryl methyl sites for hydroxylation is 1. The van der Waals surface area contributed by atoms with E-state index in [0.717, 1.165) is 17.9 Å².